The molecule has 3 aromatic rings. The Morgan fingerprint density at radius 1 is 1.20 bits per heavy atom. The van der Waals surface area contributed by atoms with Crippen molar-refractivity contribution in [3.8, 4) is 0 Å². The van der Waals surface area contributed by atoms with Crippen LogP contribution in [0.25, 0.3) is 10.1 Å². The van der Waals surface area contributed by atoms with Crippen molar-refractivity contribution in [1.29, 1.82) is 0 Å². The number of rotatable bonds is 7. The molecule has 0 aliphatic rings. The van der Waals surface area contributed by atoms with Crippen molar-refractivity contribution < 1.29 is 9.59 Å². The van der Waals surface area contributed by atoms with Crippen molar-refractivity contribution in [1.82, 2.24) is 5.32 Å². The number of hydrogen-bond donors (Lipinski definition) is 3. The monoisotopic (exact) mass is 461 g/mol. The second-order valence-corrected chi connectivity index (χ2v) is 11.6. The second-order valence-electron chi connectivity index (χ2n) is 7.20. The van der Waals surface area contributed by atoms with Crippen molar-refractivity contribution in [2.75, 3.05) is 23.9 Å². The molecule has 2 aromatic carbocycles. The van der Waals surface area contributed by atoms with E-state index in [1.807, 2.05) is 24.5 Å². The molecule has 0 saturated heterocycles. The van der Waals surface area contributed by atoms with E-state index in [1.165, 1.54) is 9.58 Å². The van der Waals surface area contributed by atoms with Gasteiger partial charge in [-0.25, -0.2) is 0 Å². The van der Waals surface area contributed by atoms with E-state index in [1.54, 1.807) is 57.2 Å². The van der Waals surface area contributed by atoms with Crippen LogP contribution in [0.4, 0.5) is 11.4 Å². The van der Waals surface area contributed by atoms with Crippen LogP contribution in [0.1, 0.15) is 29.1 Å². The Morgan fingerprint density at radius 3 is 2.63 bits per heavy atom. The first-order chi connectivity index (χ1) is 14.2. The van der Waals surface area contributed by atoms with E-state index >= 15 is 0 Å². The zero-order chi connectivity index (χ0) is 22.1. The summed E-state index contributed by atoms with van der Waals surface area (Å²) in [5, 5.41) is 6.71. The molecule has 0 saturated carbocycles. The standard InChI is InChI=1S/C16H14N2OS.C6H13NOS2/c1-10-7-12-9-14(5-6-15(12)20-10)18-16(19)11-3-2-4-13(17)8-11;1-6(2,10-9-3)4-7-5-8/h2-9H,17H2,1H3,(H,18,19);5H,4H2,1-3H3,(H,7,8). The maximum atomic E-state index is 12.1. The molecular formula is C22H27N3O2S3. The molecule has 8 heteroatoms. The summed E-state index contributed by atoms with van der Waals surface area (Å²) in [5.74, 6) is -0.149. The lowest BCUT2D eigenvalue weighted by Crippen LogP contribution is -2.30. The van der Waals surface area contributed by atoms with Gasteiger partial charge in [0.2, 0.25) is 6.41 Å². The minimum atomic E-state index is -0.149. The van der Waals surface area contributed by atoms with Crippen LogP contribution >= 0.6 is 32.9 Å². The summed E-state index contributed by atoms with van der Waals surface area (Å²) >= 11 is 1.75. The third kappa shape index (κ3) is 7.59. The minimum absolute atomic E-state index is 0.139. The fourth-order valence-corrected chi connectivity index (χ4v) is 5.71. The van der Waals surface area contributed by atoms with Gasteiger partial charge in [-0.2, -0.15) is 0 Å². The maximum Gasteiger partial charge on any atom is 0.255 e. The average molecular weight is 462 g/mol. The lowest BCUT2D eigenvalue weighted by molar-refractivity contribution is -0.109. The van der Waals surface area contributed by atoms with Gasteiger partial charge < -0.3 is 16.4 Å². The Balaban J connectivity index is 0.000000274. The van der Waals surface area contributed by atoms with Crippen molar-refractivity contribution in [2.45, 2.75) is 25.5 Å². The number of aryl methyl sites for hydroxylation is 1. The number of nitrogen functional groups attached to an aromatic ring is 1. The van der Waals surface area contributed by atoms with Crippen LogP contribution in [0.15, 0.2) is 48.5 Å². The number of amides is 2. The molecule has 0 atom stereocenters. The lowest BCUT2D eigenvalue weighted by Gasteiger charge is -2.21. The van der Waals surface area contributed by atoms with Crippen LogP contribution in [0.3, 0.4) is 0 Å². The molecule has 1 heterocycles. The summed E-state index contributed by atoms with van der Waals surface area (Å²) in [6, 6.07) is 15.0. The van der Waals surface area contributed by atoms with Crippen LogP contribution in [0.2, 0.25) is 0 Å². The minimum Gasteiger partial charge on any atom is -0.399 e. The van der Waals surface area contributed by atoms with Gasteiger partial charge in [0.15, 0.2) is 0 Å². The topological polar surface area (TPSA) is 84.2 Å². The molecule has 5 nitrogen and oxygen atoms in total. The number of nitrogens with two attached hydrogens (primary N) is 1. The van der Waals surface area contributed by atoms with Gasteiger partial charge in [0.05, 0.1) is 0 Å². The molecule has 0 aliphatic carbocycles. The Kier molecular flexibility index (Phi) is 9.08. The normalized spacial score (nSPS) is 10.8. The van der Waals surface area contributed by atoms with Crippen LogP contribution in [0.5, 0.6) is 0 Å². The molecule has 160 valence electrons. The predicted octanol–water partition coefficient (Wildman–Crippen LogP) is 5.57. The molecule has 2 amide bonds. The van der Waals surface area contributed by atoms with Gasteiger partial charge in [-0.3, -0.25) is 9.59 Å². The van der Waals surface area contributed by atoms with Gasteiger partial charge >= 0.3 is 0 Å². The van der Waals surface area contributed by atoms with E-state index in [-0.39, 0.29) is 10.7 Å². The van der Waals surface area contributed by atoms with Crippen molar-refractivity contribution >= 4 is 66.7 Å². The summed E-state index contributed by atoms with van der Waals surface area (Å²) in [7, 11) is 3.49. The molecule has 1 aromatic heterocycles. The molecule has 3 rings (SSSR count). The largest absolute Gasteiger partial charge is 0.399 e. The Bertz CT molecular complexity index is 1000. The third-order valence-corrected chi connectivity index (χ3v) is 7.61. The van der Waals surface area contributed by atoms with Gasteiger partial charge in [0.25, 0.3) is 5.91 Å². The molecule has 0 aliphatic heterocycles. The summed E-state index contributed by atoms with van der Waals surface area (Å²) < 4.78 is 1.37. The highest BCUT2D eigenvalue weighted by Crippen LogP contribution is 2.32. The van der Waals surface area contributed by atoms with E-state index in [0.717, 1.165) is 24.0 Å². The summed E-state index contributed by atoms with van der Waals surface area (Å²) in [5.41, 5.74) is 7.63. The van der Waals surface area contributed by atoms with Gasteiger partial charge in [-0.1, -0.05) is 27.7 Å². The van der Waals surface area contributed by atoms with Gasteiger partial charge in [0, 0.05) is 37.8 Å². The Labute approximate surface area is 189 Å². The van der Waals surface area contributed by atoms with Gasteiger partial charge in [-0.15, -0.1) is 11.3 Å². The number of carbonyl (C=O) groups excluding carboxylic acids is 2. The molecule has 0 radical (unpaired) electrons. The molecule has 4 N–H and O–H groups in total. The number of thiophene rings is 1. The number of nitrogens with one attached hydrogen (secondary N) is 2. The predicted molar refractivity (Wildman–Crippen MR) is 135 cm³/mol. The highest BCUT2D eigenvalue weighted by Gasteiger charge is 2.16. The molecule has 30 heavy (non-hydrogen) atoms. The van der Waals surface area contributed by atoms with Crippen LogP contribution < -0.4 is 16.4 Å². The quantitative estimate of drug-likeness (QED) is 0.243. The van der Waals surface area contributed by atoms with E-state index in [2.05, 4.69) is 37.5 Å². The number of anilines is 2. The highest BCUT2D eigenvalue weighted by molar-refractivity contribution is 8.76. The third-order valence-electron chi connectivity index (χ3n) is 3.97. The lowest BCUT2D eigenvalue weighted by atomic mass is 10.2. The maximum absolute atomic E-state index is 12.1. The van der Waals surface area contributed by atoms with E-state index in [4.69, 9.17) is 5.73 Å². The fourth-order valence-electron chi connectivity index (χ4n) is 2.68. The number of fused-ring (bicyclic) bond motifs is 1. The number of hydrogen-bond acceptors (Lipinski definition) is 6. The van der Waals surface area contributed by atoms with E-state index in [0.29, 0.717) is 11.3 Å². The summed E-state index contributed by atoms with van der Waals surface area (Å²) in [6.45, 7) is 7.01. The van der Waals surface area contributed by atoms with Crippen LogP contribution in [-0.4, -0.2) is 29.9 Å². The Hall–Kier alpha value is -2.16. The zero-order valence-electron chi connectivity index (χ0n) is 17.5. The van der Waals surface area contributed by atoms with E-state index < -0.39 is 0 Å². The van der Waals surface area contributed by atoms with Gasteiger partial charge in [-0.05, 0) is 74.9 Å². The first-order valence-corrected chi connectivity index (χ1v) is 12.7. The number of carbonyl (C=O) groups is 2. The van der Waals surface area contributed by atoms with Crippen molar-refractivity contribution in [3.05, 3.63) is 59.0 Å². The SMILES string of the molecule is CSSC(C)(C)CNC=O.Cc1cc2cc(NC(=O)c3cccc(N)c3)ccc2s1. The molecule has 0 bridgehead atoms. The highest BCUT2D eigenvalue weighted by atomic mass is 33.1. The summed E-state index contributed by atoms with van der Waals surface area (Å²) in [4.78, 5) is 23.3. The smallest absolute Gasteiger partial charge is 0.255 e. The second kappa shape index (κ2) is 11.3. The van der Waals surface area contributed by atoms with Crippen molar-refractivity contribution in [3.63, 3.8) is 0 Å². The Morgan fingerprint density at radius 2 is 1.97 bits per heavy atom. The van der Waals surface area contributed by atoms with Gasteiger partial charge in [0.1, 0.15) is 0 Å². The van der Waals surface area contributed by atoms with Crippen molar-refractivity contribution in [2.24, 2.45) is 0 Å². The summed E-state index contributed by atoms with van der Waals surface area (Å²) in [6.07, 6.45) is 2.77. The van der Waals surface area contributed by atoms with E-state index in [9.17, 15) is 9.59 Å². The molecular weight excluding hydrogens is 434 g/mol. The molecule has 0 spiro atoms. The fraction of sp³-hybridized carbons (Fsp3) is 0.273. The van der Waals surface area contributed by atoms with Crippen LogP contribution in [-0.2, 0) is 4.79 Å². The number of benzene rings is 2. The molecule has 0 fully saturated rings. The van der Waals surface area contributed by atoms with Crippen LogP contribution in [0, 0.1) is 6.92 Å². The average Bonchev–Trinajstić information content (AvgIpc) is 3.06. The first kappa shape index (κ1) is 24.1. The first-order valence-electron chi connectivity index (χ1n) is 9.30. The molecule has 0 unspecified atom stereocenters. The zero-order valence-corrected chi connectivity index (χ0v) is 20.0.